The Morgan fingerprint density at radius 3 is 2.18 bits per heavy atom. The predicted molar refractivity (Wildman–Crippen MR) is 160 cm³/mol. The summed E-state index contributed by atoms with van der Waals surface area (Å²) >= 11 is 12.7. The van der Waals surface area contributed by atoms with Crippen LogP contribution in [-0.2, 0) is 0 Å². The van der Waals surface area contributed by atoms with Crippen molar-refractivity contribution >= 4 is 57.8 Å². The highest BCUT2D eigenvalue weighted by molar-refractivity contribution is 6.52. The molecule has 0 spiro atoms. The van der Waals surface area contributed by atoms with Crippen LogP contribution in [0.1, 0.15) is 22.9 Å². The highest BCUT2D eigenvalue weighted by atomic mass is 35.5. The number of halogens is 2. The van der Waals surface area contributed by atoms with Crippen LogP contribution >= 0.6 is 23.2 Å². The van der Waals surface area contributed by atoms with Gasteiger partial charge in [0.25, 0.3) is 0 Å². The molecule has 7 rings (SSSR count). The number of fused-ring (bicyclic) bond motifs is 4. The molecular formula is C31H22Cl2N6. The van der Waals surface area contributed by atoms with E-state index in [-0.39, 0.29) is 6.04 Å². The van der Waals surface area contributed by atoms with Crippen LogP contribution in [0.2, 0.25) is 10.0 Å². The van der Waals surface area contributed by atoms with Crippen LogP contribution in [0.25, 0.3) is 5.69 Å². The van der Waals surface area contributed by atoms with Crippen molar-refractivity contribution in [1.82, 2.24) is 9.78 Å². The molecule has 190 valence electrons. The minimum atomic E-state index is -0.178. The van der Waals surface area contributed by atoms with Crippen LogP contribution < -0.4 is 10.2 Å². The Labute approximate surface area is 235 Å². The third-order valence-electron chi connectivity index (χ3n) is 6.88. The van der Waals surface area contributed by atoms with Crippen molar-refractivity contribution in [2.75, 3.05) is 10.2 Å². The number of para-hydroxylation sites is 3. The Kier molecular flexibility index (Phi) is 5.72. The van der Waals surface area contributed by atoms with Crippen molar-refractivity contribution in [2.24, 2.45) is 9.98 Å². The summed E-state index contributed by atoms with van der Waals surface area (Å²) in [6.45, 7) is 2.05. The van der Waals surface area contributed by atoms with E-state index >= 15 is 0 Å². The molecule has 1 atom stereocenters. The van der Waals surface area contributed by atoms with Gasteiger partial charge in [-0.3, -0.25) is 0 Å². The number of hydrogen-bond donors (Lipinski definition) is 1. The molecule has 1 N–H and O–H groups in total. The second-order valence-corrected chi connectivity index (χ2v) is 10.3. The highest BCUT2D eigenvalue weighted by Crippen LogP contribution is 2.48. The zero-order chi connectivity index (χ0) is 26.5. The highest BCUT2D eigenvalue weighted by Gasteiger charge is 2.41. The maximum absolute atomic E-state index is 6.33. The number of benzene rings is 4. The maximum atomic E-state index is 6.33. The van der Waals surface area contributed by atoms with Crippen molar-refractivity contribution in [2.45, 2.75) is 13.0 Å². The SMILES string of the molecule is Cc1nn(-c2ccccc2)c2c1[C@H](c1ccccc1)N1C(=N2)C(Nc2cc(Cl)cc(Cl)c2)=Nc2ccccc21. The molecule has 2 aliphatic heterocycles. The van der Waals surface area contributed by atoms with Crippen molar-refractivity contribution < 1.29 is 0 Å². The Morgan fingerprint density at radius 1 is 0.769 bits per heavy atom. The van der Waals surface area contributed by atoms with Gasteiger partial charge in [0, 0.05) is 21.3 Å². The summed E-state index contributed by atoms with van der Waals surface area (Å²) in [5.74, 6) is 2.05. The van der Waals surface area contributed by atoms with Gasteiger partial charge < -0.3 is 10.2 Å². The van der Waals surface area contributed by atoms with Gasteiger partial charge in [-0.05, 0) is 55.0 Å². The van der Waals surface area contributed by atoms with Crippen LogP contribution in [0.4, 0.5) is 22.9 Å². The van der Waals surface area contributed by atoms with E-state index in [4.69, 9.17) is 38.3 Å². The monoisotopic (exact) mass is 548 g/mol. The summed E-state index contributed by atoms with van der Waals surface area (Å²) in [6, 6.07) is 33.8. The van der Waals surface area contributed by atoms with E-state index in [2.05, 4.69) is 40.5 Å². The fraction of sp³-hybridized carbons (Fsp3) is 0.0645. The molecule has 0 radical (unpaired) electrons. The van der Waals surface area contributed by atoms with Crippen molar-refractivity contribution in [1.29, 1.82) is 0 Å². The molecule has 0 bridgehead atoms. The Morgan fingerprint density at radius 2 is 1.44 bits per heavy atom. The predicted octanol–water partition coefficient (Wildman–Crippen LogP) is 8.28. The summed E-state index contributed by atoms with van der Waals surface area (Å²) in [5.41, 5.74) is 6.57. The maximum Gasteiger partial charge on any atom is 0.179 e. The average molecular weight is 549 g/mol. The van der Waals surface area contributed by atoms with E-state index in [1.54, 1.807) is 6.07 Å². The number of rotatable bonds is 3. The topological polar surface area (TPSA) is 57.8 Å². The van der Waals surface area contributed by atoms with Gasteiger partial charge in [0.05, 0.1) is 28.8 Å². The first-order valence-electron chi connectivity index (χ1n) is 12.6. The molecule has 5 aromatic rings. The summed E-state index contributed by atoms with van der Waals surface area (Å²) in [5, 5.41) is 9.49. The fourth-order valence-corrected chi connectivity index (χ4v) is 5.79. The van der Waals surface area contributed by atoms with E-state index in [1.807, 2.05) is 78.3 Å². The molecule has 0 saturated carbocycles. The van der Waals surface area contributed by atoms with Crippen LogP contribution in [0.15, 0.2) is 113 Å². The number of nitrogens with one attached hydrogen (secondary N) is 1. The smallest absolute Gasteiger partial charge is 0.179 e. The van der Waals surface area contributed by atoms with E-state index in [1.165, 1.54) is 0 Å². The lowest BCUT2D eigenvalue weighted by molar-refractivity contribution is 0.815. The number of aryl methyl sites for hydroxylation is 1. The molecule has 6 nitrogen and oxygen atoms in total. The average Bonchev–Trinajstić information content (AvgIpc) is 3.28. The van der Waals surface area contributed by atoms with Gasteiger partial charge in [0.2, 0.25) is 0 Å². The molecule has 0 unspecified atom stereocenters. The Hall–Kier alpha value is -4.39. The number of amidine groups is 2. The van der Waals surface area contributed by atoms with Gasteiger partial charge in [-0.2, -0.15) is 5.10 Å². The largest absolute Gasteiger partial charge is 0.337 e. The number of aliphatic imine (C=N–C) groups is 2. The van der Waals surface area contributed by atoms with Crippen LogP contribution in [0.5, 0.6) is 0 Å². The number of aromatic nitrogens is 2. The first-order chi connectivity index (χ1) is 19.1. The summed E-state index contributed by atoms with van der Waals surface area (Å²) < 4.78 is 1.92. The molecule has 8 heteroatoms. The molecule has 0 amide bonds. The minimum Gasteiger partial charge on any atom is -0.337 e. The summed E-state index contributed by atoms with van der Waals surface area (Å²) in [6.07, 6.45) is 0. The molecule has 0 fully saturated rings. The molecule has 39 heavy (non-hydrogen) atoms. The lowest BCUT2D eigenvalue weighted by Crippen LogP contribution is -2.46. The molecule has 0 saturated heterocycles. The van der Waals surface area contributed by atoms with Crippen LogP contribution in [-0.4, -0.2) is 21.5 Å². The lowest BCUT2D eigenvalue weighted by atomic mass is 9.93. The third-order valence-corrected chi connectivity index (χ3v) is 7.32. The van der Waals surface area contributed by atoms with Gasteiger partial charge in [-0.15, -0.1) is 0 Å². The van der Waals surface area contributed by atoms with Gasteiger partial charge in [0.1, 0.15) is 0 Å². The van der Waals surface area contributed by atoms with Gasteiger partial charge in [0.15, 0.2) is 17.5 Å². The van der Waals surface area contributed by atoms with Crippen LogP contribution in [0.3, 0.4) is 0 Å². The molecular weight excluding hydrogens is 527 g/mol. The van der Waals surface area contributed by atoms with E-state index in [0.717, 1.165) is 45.4 Å². The second kappa shape index (κ2) is 9.42. The van der Waals surface area contributed by atoms with E-state index < -0.39 is 0 Å². The zero-order valence-corrected chi connectivity index (χ0v) is 22.4. The normalized spacial score (nSPS) is 15.6. The van der Waals surface area contributed by atoms with Gasteiger partial charge in [-0.25, -0.2) is 14.7 Å². The first-order valence-corrected chi connectivity index (χ1v) is 13.3. The zero-order valence-electron chi connectivity index (χ0n) is 20.9. The molecule has 2 aliphatic rings. The number of anilines is 2. The minimum absolute atomic E-state index is 0.178. The molecule has 0 aliphatic carbocycles. The summed E-state index contributed by atoms with van der Waals surface area (Å²) in [4.78, 5) is 12.5. The van der Waals surface area contributed by atoms with E-state index in [0.29, 0.717) is 21.7 Å². The quantitative estimate of drug-likeness (QED) is 0.246. The number of nitrogens with zero attached hydrogens (tertiary/aromatic N) is 5. The van der Waals surface area contributed by atoms with Crippen molar-refractivity contribution in [3.8, 4) is 5.69 Å². The van der Waals surface area contributed by atoms with Gasteiger partial charge in [-0.1, -0.05) is 83.9 Å². The standard InChI is InChI=1S/C31H22Cl2N6/c1-19-27-28(20-10-4-2-5-11-20)38-26-15-9-8-14-25(26)35-29(34-23-17-21(32)16-22(33)18-23)31(38)36-30(27)39(37-19)24-12-6-3-7-13-24/h2-18,28H,1H3,(H,34,35)/t28-/m0/s1. The van der Waals surface area contributed by atoms with Crippen LogP contribution in [0, 0.1) is 6.92 Å². The number of hydrogen-bond acceptors (Lipinski definition) is 5. The fourth-order valence-electron chi connectivity index (χ4n) is 5.26. The second-order valence-electron chi connectivity index (χ2n) is 9.42. The van der Waals surface area contributed by atoms with Crippen molar-refractivity contribution in [3.63, 3.8) is 0 Å². The molecule has 4 aromatic carbocycles. The Balaban J connectivity index is 1.50. The third kappa shape index (κ3) is 4.09. The molecule has 3 heterocycles. The molecule has 1 aromatic heterocycles. The summed E-state index contributed by atoms with van der Waals surface area (Å²) in [7, 11) is 0. The first kappa shape index (κ1) is 23.7. The lowest BCUT2D eigenvalue weighted by Gasteiger charge is -2.40. The van der Waals surface area contributed by atoms with Gasteiger partial charge >= 0.3 is 0 Å². The Bertz CT molecular complexity index is 1760. The van der Waals surface area contributed by atoms with E-state index in [9.17, 15) is 0 Å². The van der Waals surface area contributed by atoms with Crippen molar-refractivity contribution in [3.05, 3.63) is 130 Å².